The predicted octanol–water partition coefficient (Wildman–Crippen LogP) is 4.66. The summed E-state index contributed by atoms with van der Waals surface area (Å²) in [4.78, 5) is 27.6. The van der Waals surface area contributed by atoms with E-state index in [0.29, 0.717) is 24.2 Å². The van der Waals surface area contributed by atoms with Crippen LogP contribution in [0.15, 0.2) is 83.6 Å². The number of aromatic nitrogens is 1. The molecule has 4 aromatic rings. The van der Waals surface area contributed by atoms with Crippen molar-refractivity contribution in [1.82, 2.24) is 14.8 Å². The van der Waals surface area contributed by atoms with Crippen LogP contribution in [0.5, 0.6) is 0 Å². The van der Waals surface area contributed by atoms with Gasteiger partial charge in [0.2, 0.25) is 0 Å². The van der Waals surface area contributed by atoms with Crippen LogP contribution in [0.1, 0.15) is 39.3 Å². The Morgan fingerprint density at radius 1 is 1.03 bits per heavy atom. The summed E-state index contributed by atoms with van der Waals surface area (Å²) in [6.45, 7) is 0.488. The van der Waals surface area contributed by atoms with Crippen molar-refractivity contribution in [3.8, 4) is 0 Å². The highest BCUT2D eigenvalue weighted by molar-refractivity contribution is 5.97. The number of carbonyl (C=O) groups is 2. The van der Waals surface area contributed by atoms with Crippen LogP contribution in [0.2, 0.25) is 0 Å². The first-order valence-electron chi connectivity index (χ1n) is 11.2. The summed E-state index contributed by atoms with van der Waals surface area (Å²) in [5.41, 5.74) is 3.24. The fourth-order valence-corrected chi connectivity index (χ4v) is 4.12. The number of hydrogen-bond donors (Lipinski definition) is 1. The molecule has 0 spiro atoms. The summed E-state index contributed by atoms with van der Waals surface area (Å²) >= 11 is 0. The molecule has 0 saturated heterocycles. The lowest BCUT2D eigenvalue weighted by atomic mass is 10.0. The molecule has 1 unspecified atom stereocenters. The van der Waals surface area contributed by atoms with Crippen molar-refractivity contribution in [2.75, 3.05) is 13.6 Å². The lowest BCUT2D eigenvalue weighted by Gasteiger charge is -2.29. The van der Waals surface area contributed by atoms with E-state index in [4.69, 9.17) is 4.42 Å². The Balaban J connectivity index is 1.45. The SMILES string of the molecule is CN(C(=O)c1ccc2occc2c1)C(CCNC(=O)c1cccn1C)CCc1ccccc1. The molecule has 0 aliphatic heterocycles. The van der Waals surface area contributed by atoms with E-state index in [1.165, 1.54) is 5.56 Å². The first-order chi connectivity index (χ1) is 16.0. The molecule has 1 atom stereocenters. The van der Waals surface area contributed by atoms with Crippen LogP contribution < -0.4 is 5.32 Å². The smallest absolute Gasteiger partial charge is 0.267 e. The van der Waals surface area contributed by atoms with Crippen LogP contribution in [0.3, 0.4) is 0 Å². The molecule has 0 radical (unpaired) electrons. The van der Waals surface area contributed by atoms with Crippen LogP contribution in [0.4, 0.5) is 0 Å². The molecule has 0 aliphatic rings. The van der Waals surface area contributed by atoms with Crippen LogP contribution in [-0.4, -0.2) is 40.9 Å². The highest BCUT2D eigenvalue weighted by Crippen LogP contribution is 2.20. The van der Waals surface area contributed by atoms with Crippen molar-refractivity contribution in [2.24, 2.45) is 7.05 Å². The lowest BCUT2D eigenvalue weighted by Crippen LogP contribution is -2.40. The Kier molecular flexibility index (Phi) is 6.93. The number of amides is 2. The molecule has 1 N–H and O–H groups in total. The van der Waals surface area contributed by atoms with Gasteiger partial charge in [-0.05, 0) is 61.2 Å². The van der Waals surface area contributed by atoms with Gasteiger partial charge < -0.3 is 19.2 Å². The molecular weight excluding hydrogens is 414 g/mol. The van der Waals surface area contributed by atoms with Crippen molar-refractivity contribution in [2.45, 2.75) is 25.3 Å². The van der Waals surface area contributed by atoms with Gasteiger partial charge in [0.15, 0.2) is 0 Å². The van der Waals surface area contributed by atoms with Crippen LogP contribution in [0.25, 0.3) is 11.0 Å². The first kappa shape index (κ1) is 22.4. The third-order valence-electron chi connectivity index (χ3n) is 6.12. The third-order valence-corrected chi connectivity index (χ3v) is 6.12. The Bertz CT molecular complexity index is 1230. The van der Waals surface area contributed by atoms with E-state index in [1.807, 2.05) is 62.8 Å². The molecule has 2 heterocycles. The molecule has 6 nitrogen and oxygen atoms in total. The first-order valence-corrected chi connectivity index (χ1v) is 11.2. The highest BCUT2D eigenvalue weighted by atomic mass is 16.3. The average molecular weight is 444 g/mol. The highest BCUT2D eigenvalue weighted by Gasteiger charge is 2.22. The molecule has 0 fully saturated rings. The Labute approximate surface area is 193 Å². The zero-order valence-corrected chi connectivity index (χ0v) is 19.0. The van der Waals surface area contributed by atoms with Gasteiger partial charge in [-0.2, -0.15) is 0 Å². The summed E-state index contributed by atoms with van der Waals surface area (Å²) in [5.74, 6) is -0.145. The lowest BCUT2D eigenvalue weighted by molar-refractivity contribution is 0.0715. The number of fused-ring (bicyclic) bond motifs is 1. The quantitative estimate of drug-likeness (QED) is 0.409. The van der Waals surface area contributed by atoms with E-state index in [-0.39, 0.29) is 17.9 Å². The zero-order valence-electron chi connectivity index (χ0n) is 19.0. The fourth-order valence-electron chi connectivity index (χ4n) is 4.12. The zero-order chi connectivity index (χ0) is 23.2. The van der Waals surface area contributed by atoms with Crippen molar-refractivity contribution in [1.29, 1.82) is 0 Å². The fraction of sp³-hybridized carbons (Fsp3) is 0.259. The second kappa shape index (κ2) is 10.2. The van der Waals surface area contributed by atoms with Crippen molar-refractivity contribution < 1.29 is 14.0 Å². The number of benzene rings is 2. The van der Waals surface area contributed by atoms with Gasteiger partial charge in [-0.25, -0.2) is 0 Å². The summed E-state index contributed by atoms with van der Waals surface area (Å²) in [7, 11) is 3.69. The minimum atomic E-state index is -0.108. The predicted molar refractivity (Wildman–Crippen MR) is 129 cm³/mol. The van der Waals surface area contributed by atoms with Gasteiger partial charge in [-0.3, -0.25) is 9.59 Å². The maximum atomic E-state index is 13.3. The molecule has 2 aromatic heterocycles. The summed E-state index contributed by atoms with van der Waals surface area (Å²) in [6, 6.07) is 21.2. The van der Waals surface area contributed by atoms with Crippen LogP contribution in [0, 0.1) is 0 Å². The minimum absolute atomic E-state index is 0.0218. The number of hydrogen-bond acceptors (Lipinski definition) is 3. The van der Waals surface area contributed by atoms with Gasteiger partial charge in [0, 0.05) is 43.8 Å². The van der Waals surface area contributed by atoms with Gasteiger partial charge in [0.25, 0.3) is 11.8 Å². The number of carbonyl (C=O) groups excluding carboxylic acids is 2. The number of nitrogens with one attached hydrogen (secondary N) is 1. The summed E-state index contributed by atoms with van der Waals surface area (Å²) in [5, 5.41) is 3.91. The van der Waals surface area contributed by atoms with Gasteiger partial charge >= 0.3 is 0 Å². The van der Waals surface area contributed by atoms with E-state index in [2.05, 4.69) is 17.4 Å². The van der Waals surface area contributed by atoms with E-state index >= 15 is 0 Å². The summed E-state index contributed by atoms with van der Waals surface area (Å²) < 4.78 is 7.19. The van der Waals surface area contributed by atoms with Gasteiger partial charge in [0.05, 0.1) is 6.26 Å². The topological polar surface area (TPSA) is 67.5 Å². The Morgan fingerprint density at radius 3 is 2.61 bits per heavy atom. The maximum Gasteiger partial charge on any atom is 0.267 e. The molecule has 2 amide bonds. The van der Waals surface area contributed by atoms with Crippen LogP contribution >= 0.6 is 0 Å². The molecule has 33 heavy (non-hydrogen) atoms. The largest absolute Gasteiger partial charge is 0.464 e. The molecule has 0 bridgehead atoms. The molecule has 0 saturated carbocycles. The van der Waals surface area contributed by atoms with E-state index in [0.717, 1.165) is 23.8 Å². The Morgan fingerprint density at radius 2 is 1.85 bits per heavy atom. The molecule has 0 aliphatic carbocycles. The second-order valence-electron chi connectivity index (χ2n) is 8.32. The van der Waals surface area contributed by atoms with Crippen LogP contribution in [-0.2, 0) is 13.5 Å². The maximum absolute atomic E-state index is 13.3. The number of nitrogens with zero attached hydrogens (tertiary/aromatic N) is 2. The number of aryl methyl sites for hydroxylation is 2. The van der Waals surface area contributed by atoms with Gasteiger partial charge in [0.1, 0.15) is 11.3 Å². The number of rotatable bonds is 9. The summed E-state index contributed by atoms with van der Waals surface area (Å²) in [6.07, 6.45) is 5.80. The third kappa shape index (κ3) is 5.34. The van der Waals surface area contributed by atoms with Crippen molar-refractivity contribution in [3.05, 3.63) is 96.0 Å². The van der Waals surface area contributed by atoms with E-state index in [1.54, 1.807) is 27.9 Å². The molecular formula is C27H29N3O3. The average Bonchev–Trinajstić information content (AvgIpc) is 3.49. The Hall–Kier alpha value is -3.80. The second-order valence-corrected chi connectivity index (χ2v) is 8.32. The van der Waals surface area contributed by atoms with Gasteiger partial charge in [-0.1, -0.05) is 30.3 Å². The van der Waals surface area contributed by atoms with Crippen molar-refractivity contribution in [3.63, 3.8) is 0 Å². The number of furan rings is 1. The van der Waals surface area contributed by atoms with E-state index < -0.39 is 0 Å². The standard InChI is InChI=1S/C27H29N3O3/c1-29-17-6-9-24(29)26(31)28-16-14-23(12-10-20-7-4-3-5-8-20)30(2)27(32)22-11-13-25-21(19-22)15-18-33-25/h3-9,11,13,15,17-19,23H,10,12,14,16H2,1-2H3,(H,28,31). The molecule has 2 aromatic carbocycles. The van der Waals surface area contributed by atoms with E-state index in [9.17, 15) is 9.59 Å². The monoisotopic (exact) mass is 443 g/mol. The van der Waals surface area contributed by atoms with Gasteiger partial charge in [-0.15, -0.1) is 0 Å². The molecule has 4 rings (SSSR count). The normalized spacial score (nSPS) is 11.9. The molecule has 170 valence electrons. The minimum Gasteiger partial charge on any atom is -0.464 e. The molecule has 6 heteroatoms. The van der Waals surface area contributed by atoms with Crippen molar-refractivity contribution >= 4 is 22.8 Å².